The molecule has 158 valence electrons. The fourth-order valence-electron chi connectivity index (χ4n) is 3.60. The molecule has 1 aromatic carbocycles. The molecule has 0 radical (unpaired) electrons. The molecule has 1 aliphatic heterocycles. The van der Waals surface area contributed by atoms with Crippen LogP contribution in [0, 0.1) is 0 Å². The third kappa shape index (κ3) is 4.88. The second kappa shape index (κ2) is 9.58. The van der Waals surface area contributed by atoms with Crippen molar-refractivity contribution in [3.05, 3.63) is 66.2 Å². The summed E-state index contributed by atoms with van der Waals surface area (Å²) in [4.78, 5) is 7.16. The van der Waals surface area contributed by atoms with E-state index in [4.69, 9.17) is 9.73 Å². The van der Waals surface area contributed by atoms with Gasteiger partial charge in [0, 0.05) is 50.8 Å². The first-order valence-corrected chi connectivity index (χ1v) is 10.5. The minimum absolute atomic E-state index is 0.0196. The van der Waals surface area contributed by atoms with Crippen molar-refractivity contribution >= 4 is 5.96 Å². The highest BCUT2D eigenvalue weighted by Gasteiger charge is 2.25. The van der Waals surface area contributed by atoms with Gasteiger partial charge in [-0.25, -0.2) is 4.68 Å². The number of rotatable bonds is 6. The molecule has 1 atom stereocenters. The van der Waals surface area contributed by atoms with E-state index in [0.29, 0.717) is 6.61 Å². The average molecular weight is 408 g/mol. The van der Waals surface area contributed by atoms with Crippen molar-refractivity contribution in [2.75, 3.05) is 32.8 Å². The molecule has 1 fully saturated rings. The summed E-state index contributed by atoms with van der Waals surface area (Å²) in [6.07, 6.45) is 8.55. The van der Waals surface area contributed by atoms with E-state index in [2.05, 4.69) is 51.6 Å². The lowest BCUT2D eigenvalue weighted by atomic mass is 10.1. The molecule has 1 unspecified atom stereocenters. The Labute approximate surface area is 177 Å². The smallest absolute Gasteiger partial charge is 0.194 e. The van der Waals surface area contributed by atoms with E-state index in [0.717, 1.165) is 49.8 Å². The number of benzene rings is 1. The van der Waals surface area contributed by atoms with E-state index in [9.17, 15) is 0 Å². The van der Waals surface area contributed by atoms with Gasteiger partial charge >= 0.3 is 0 Å². The molecular weight excluding hydrogens is 378 g/mol. The van der Waals surface area contributed by atoms with Crippen molar-refractivity contribution in [1.29, 1.82) is 0 Å². The monoisotopic (exact) mass is 407 g/mol. The van der Waals surface area contributed by atoms with Gasteiger partial charge in [0.1, 0.15) is 6.10 Å². The highest BCUT2D eigenvalue weighted by molar-refractivity contribution is 5.80. The maximum atomic E-state index is 5.97. The van der Waals surface area contributed by atoms with Gasteiger partial charge in [0.15, 0.2) is 5.96 Å². The Morgan fingerprint density at radius 2 is 2.13 bits per heavy atom. The quantitative estimate of drug-likeness (QED) is 0.501. The number of morpholine rings is 1. The first-order chi connectivity index (χ1) is 14.7. The summed E-state index contributed by atoms with van der Waals surface area (Å²) < 4.78 is 9.64. The van der Waals surface area contributed by atoms with Crippen LogP contribution >= 0.6 is 0 Å². The van der Waals surface area contributed by atoms with Crippen LogP contribution in [0.1, 0.15) is 24.2 Å². The van der Waals surface area contributed by atoms with Crippen LogP contribution in [0.2, 0.25) is 0 Å². The van der Waals surface area contributed by atoms with Crippen LogP contribution in [0.4, 0.5) is 0 Å². The number of guanidine groups is 1. The molecule has 0 aliphatic carbocycles. The highest BCUT2D eigenvalue weighted by atomic mass is 16.5. The molecule has 4 rings (SSSR count). The fraction of sp³-hybridized carbons (Fsp3) is 0.409. The van der Waals surface area contributed by atoms with Crippen LogP contribution in [0.3, 0.4) is 0 Å². The van der Waals surface area contributed by atoms with E-state index in [1.807, 2.05) is 41.1 Å². The number of nitrogens with zero attached hydrogens (tertiary/aromatic N) is 6. The summed E-state index contributed by atoms with van der Waals surface area (Å²) in [7, 11) is 1.93. The summed E-state index contributed by atoms with van der Waals surface area (Å²) >= 11 is 0. The Morgan fingerprint density at radius 3 is 2.83 bits per heavy atom. The first-order valence-electron chi connectivity index (χ1n) is 10.5. The van der Waals surface area contributed by atoms with Crippen LogP contribution in [-0.2, 0) is 18.2 Å². The van der Waals surface area contributed by atoms with Crippen molar-refractivity contribution in [3.63, 3.8) is 0 Å². The highest BCUT2D eigenvalue weighted by Crippen LogP contribution is 2.21. The van der Waals surface area contributed by atoms with Crippen LogP contribution in [0.5, 0.6) is 0 Å². The van der Waals surface area contributed by atoms with Crippen LogP contribution in [-0.4, -0.2) is 63.2 Å². The number of aryl methyl sites for hydroxylation is 1. The van der Waals surface area contributed by atoms with Crippen molar-refractivity contribution < 1.29 is 4.74 Å². The lowest BCUT2D eigenvalue weighted by Crippen LogP contribution is -2.48. The van der Waals surface area contributed by atoms with E-state index in [1.54, 1.807) is 6.20 Å². The molecule has 1 saturated heterocycles. The summed E-state index contributed by atoms with van der Waals surface area (Å²) in [6.45, 7) is 5.96. The molecule has 8 nitrogen and oxygen atoms in total. The third-order valence-corrected chi connectivity index (χ3v) is 5.16. The molecule has 3 aromatic rings. The van der Waals surface area contributed by atoms with Gasteiger partial charge in [-0.2, -0.15) is 10.2 Å². The molecule has 1 aliphatic rings. The Morgan fingerprint density at radius 1 is 1.27 bits per heavy atom. The average Bonchev–Trinajstić information content (AvgIpc) is 3.46. The van der Waals surface area contributed by atoms with E-state index >= 15 is 0 Å². The maximum absolute atomic E-state index is 5.97. The maximum Gasteiger partial charge on any atom is 0.194 e. The lowest BCUT2D eigenvalue weighted by molar-refractivity contribution is -0.00803. The van der Waals surface area contributed by atoms with Gasteiger partial charge in [-0.05, 0) is 37.1 Å². The largest absolute Gasteiger partial charge is 0.370 e. The summed E-state index contributed by atoms with van der Waals surface area (Å²) in [6, 6.07) is 10.4. The molecule has 1 N–H and O–H groups in total. The van der Waals surface area contributed by atoms with E-state index < -0.39 is 0 Å². The minimum Gasteiger partial charge on any atom is -0.370 e. The van der Waals surface area contributed by atoms with Crippen molar-refractivity contribution in [3.8, 4) is 5.69 Å². The zero-order valence-electron chi connectivity index (χ0n) is 17.6. The molecule has 3 heterocycles. The number of aliphatic imine (C=N–C) groups is 1. The van der Waals surface area contributed by atoms with Crippen LogP contribution in [0.25, 0.3) is 5.69 Å². The van der Waals surface area contributed by atoms with Gasteiger partial charge in [-0.3, -0.25) is 9.67 Å². The number of aromatic nitrogens is 4. The summed E-state index contributed by atoms with van der Waals surface area (Å²) in [5.41, 5.74) is 3.44. The molecule has 0 saturated carbocycles. The Bertz CT molecular complexity index is 946. The predicted octanol–water partition coefficient (Wildman–Crippen LogP) is 2.19. The fourth-order valence-corrected chi connectivity index (χ4v) is 3.60. The van der Waals surface area contributed by atoms with Crippen molar-refractivity contribution in [2.45, 2.75) is 19.4 Å². The second-order valence-electron chi connectivity index (χ2n) is 7.36. The van der Waals surface area contributed by atoms with Crippen LogP contribution in [0.15, 0.2) is 60.1 Å². The van der Waals surface area contributed by atoms with Crippen LogP contribution < -0.4 is 5.32 Å². The topological polar surface area (TPSA) is 72.5 Å². The van der Waals surface area contributed by atoms with Gasteiger partial charge in [0.2, 0.25) is 0 Å². The number of nitrogens with one attached hydrogen (secondary N) is 1. The normalized spacial score (nSPS) is 17.3. The van der Waals surface area contributed by atoms with Crippen molar-refractivity contribution in [2.24, 2.45) is 12.0 Å². The number of hydrogen-bond acceptors (Lipinski definition) is 4. The zero-order valence-corrected chi connectivity index (χ0v) is 17.6. The minimum atomic E-state index is 0.0196. The molecule has 2 aromatic heterocycles. The lowest BCUT2D eigenvalue weighted by Gasteiger charge is -2.34. The Hall–Kier alpha value is -3.13. The predicted molar refractivity (Wildman–Crippen MR) is 117 cm³/mol. The van der Waals surface area contributed by atoms with Gasteiger partial charge in [-0.15, -0.1) is 0 Å². The number of hydrogen-bond donors (Lipinski definition) is 1. The second-order valence-corrected chi connectivity index (χ2v) is 7.36. The van der Waals surface area contributed by atoms with Gasteiger partial charge in [0.25, 0.3) is 0 Å². The molecule has 0 amide bonds. The van der Waals surface area contributed by atoms with Crippen molar-refractivity contribution in [1.82, 2.24) is 29.8 Å². The van der Waals surface area contributed by atoms with Gasteiger partial charge in [0.05, 0.1) is 25.0 Å². The Balaban J connectivity index is 1.37. The SMILES string of the molecule is CCNC(=NCCc1ccc(-n2cccn2)cc1)N1CCOC(c2cnn(C)c2)C1. The van der Waals surface area contributed by atoms with Gasteiger partial charge in [-0.1, -0.05) is 12.1 Å². The zero-order chi connectivity index (χ0) is 20.8. The first kappa shape index (κ1) is 20.2. The summed E-state index contributed by atoms with van der Waals surface area (Å²) in [5, 5.41) is 12.0. The Kier molecular flexibility index (Phi) is 6.44. The standard InChI is InChI=1S/C22H29N7O/c1-3-23-22(28-13-14-30-21(17-28)19-15-26-27(2)16-19)24-11-9-18-5-7-20(8-6-18)29-12-4-10-25-29/h4-8,10,12,15-16,21H,3,9,11,13-14,17H2,1-2H3,(H,23,24). The third-order valence-electron chi connectivity index (χ3n) is 5.16. The summed E-state index contributed by atoms with van der Waals surface area (Å²) in [5.74, 6) is 0.947. The number of ether oxygens (including phenoxy) is 1. The molecule has 0 spiro atoms. The van der Waals surface area contributed by atoms with Gasteiger partial charge < -0.3 is 15.0 Å². The molecule has 0 bridgehead atoms. The molecular formula is C22H29N7O. The van der Waals surface area contributed by atoms with E-state index in [1.165, 1.54) is 5.56 Å². The molecule has 30 heavy (non-hydrogen) atoms. The molecule has 8 heteroatoms. The van der Waals surface area contributed by atoms with E-state index in [-0.39, 0.29) is 6.10 Å².